The van der Waals surface area contributed by atoms with Gasteiger partial charge in [0.15, 0.2) is 0 Å². The summed E-state index contributed by atoms with van der Waals surface area (Å²) in [7, 11) is 2.05. The minimum Gasteiger partial charge on any atom is -0.366 e. The number of hydrogen-bond acceptors (Lipinski definition) is 4. The molecule has 0 saturated carbocycles. The van der Waals surface area contributed by atoms with Crippen LogP contribution < -0.4 is 5.73 Å². The van der Waals surface area contributed by atoms with E-state index in [9.17, 15) is 18.8 Å². The van der Waals surface area contributed by atoms with Crippen LogP contribution in [0.25, 0.3) is 43.8 Å². The van der Waals surface area contributed by atoms with Crippen LogP contribution >= 0.6 is 0 Å². The molecule has 0 radical (unpaired) electrons. The van der Waals surface area contributed by atoms with Crippen molar-refractivity contribution in [1.29, 1.82) is 0 Å². The van der Waals surface area contributed by atoms with Gasteiger partial charge in [0.05, 0.1) is 16.6 Å². The second-order valence-electron chi connectivity index (χ2n) is 11.0. The predicted octanol–water partition coefficient (Wildman–Crippen LogP) is 5.26. The topological polar surface area (TPSA) is 104 Å². The molecule has 4 aromatic carbocycles. The molecular weight excluding hydrogens is 545 g/mol. The first kappa shape index (κ1) is 26.6. The molecule has 1 saturated heterocycles. The lowest BCUT2D eigenvalue weighted by atomic mass is 9.94. The number of carbonyl (C=O) groups excluding carboxylic acids is 3. The van der Waals surface area contributed by atoms with E-state index in [0.29, 0.717) is 40.8 Å². The molecule has 43 heavy (non-hydrogen) atoms. The Morgan fingerprint density at radius 2 is 1.53 bits per heavy atom. The van der Waals surface area contributed by atoms with Crippen LogP contribution in [0.15, 0.2) is 85.1 Å². The fraction of sp³-hybridized carbons (Fsp3) is 0.147. The Hall–Kier alpha value is -5.28. The van der Waals surface area contributed by atoms with Crippen molar-refractivity contribution >= 4 is 50.4 Å². The summed E-state index contributed by atoms with van der Waals surface area (Å²) in [5, 5.41) is 2.49. The molecule has 0 atom stereocenters. The largest absolute Gasteiger partial charge is 0.366 e. The van der Waals surface area contributed by atoms with Gasteiger partial charge in [0, 0.05) is 65.2 Å². The van der Waals surface area contributed by atoms with Gasteiger partial charge in [-0.15, -0.1) is 0 Å². The summed E-state index contributed by atoms with van der Waals surface area (Å²) in [6.45, 7) is 3.00. The van der Waals surface area contributed by atoms with Crippen LogP contribution in [0.1, 0.15) is 31.1 Å². The summed E-state index contributed by atoms with van der Waals surface area (Å²) < 4.78 is 15.0. The van der Waals surface area contributed by atoms with Crippen molar-refractivity contribution in [3.63, 3.8) is 0 Å². The van der Waals surface area contributed by atoms with E-state index in [-0.39, 0.29) is 11.8 Å². The van der Waals surface area contributed by atoms with Crippen LogP contribution in [0.2, 0.25) is 0 Å². The number of hydrogen-bond donors (Lipinski definition) is 2. The van der Waals surface area contributed by atoms with Crippen molar-refractivity contribution in [3.8, 4) is 11.1 Å². The quantitative estimate of drug-likeness (QED) is 0.300. The van der Waals surface area contributed by atoms with Gasteiger partial charge >= 0.3 is 0 Å². The zero-order chi connectivity index (χ0) is 29.8. The minimum absolute atomic E-state index is 0.0269. The van der Waals surface area contributed by atoms with E-state index < -0.39 is 11.7 Å². The average molecular weight is 574 g/mol. The summed E-state index contributed by atoms with van der Waals surface area (Å²) in [6.07, 6.45) is 1.71. The zero-order valence-electron chi connectivity index (χ0n) is 23.4. The van der Waals surface area contributed by atoms with Gasteiger partial charge in [-0.2, -0.15) is 0 Å². The number of aromatic nitrogens is 2. The summed E-state index contributed by atoms with van der Waals surface area (Å²) in [6, 6.07) is 22.2. The molecule has 2 aromatic heterocycles. The highest BCUT2D eigenvalue weighted by Gasteiger charge is 2.23. The Kier molecular flexibility index (Phi) is 6.32. The third kappa shape index (κ3) is 4.45. The van der Waals surface area contributed by atoms with Gasteiger partial charge in [-0.3, -0.25) is 19.0 Å². The predicted molar refractivity (Wildman–Crippen MR) is 165 cm³/mol. The van der Waals surface area contributed by atoms with Crippen LogP contribution in [-0.4, -0.2) is 70.3 Å². The first-order valence-corrected chi connectivity index (χ1v) is 14.1. The highest BCUT2D eigenvalue weighted by atomic mass is 19.1. The maximum Gasteiger partial charge on any atom is 0.262 e. The fourth-order valence-electron chi connectivity index (χ4n) is 6.08. The Labute approximate surface area is 246 Å². The van der Waals surface area contributed by atoms with E-state index in [4.69, 9.17) is 5.73 Å². The van der Waals surface area contributed by atoms with Gasteiger partial charge in [-0.25, -0.2) is 4.39 Å². The average Bonchev–Trinajstić information content (AvgIpc) is 3.62. The number of benzene rings is 4. The Bertz CT molecular complexity index is 2090. The van der Waals surface area contributed by atoms with Gasteiger partial charge < -0.3 is 20.5 Å². The third-order valence-electron chi connectivity index (χ3n) is 8.39. The summed E-state index contributed by atoms with van der Waals surface area (Å²) in [5.74, 6) is -1.27. The second-order valence-corrected chi connectivity index (χ2v) is 11.0. The molecule has 3 N–H and O–H groups in total. The standard InChI is InChI=1S/C34H28FN5O3/c1-38-15-17-39(18-16-38)33(42)21-7-10-26-28(19-21)37-31-27(32(36)41)12-11-25(30(26)31)23-3-2-4-29-24(23)13-14-40(29)34(43)20-5-8-22(35)9-6-20/h2-14,19,37H,15-18H2,1H3,(H2,36,41). The number of rotatable bonds is 4. The molecule has 6 aromatic rings. The monoisotopic (exact) mass is 573 g/mol. The lowest BCUT2D eigenvalue weighted by Gasteiger charge is -2.32. The first-order chi connectivity index (χ1) is 20.8. The number of halogens is 1. The summed E-state index contributed by atoms with van der Waals surface area (Å²) >= 11 is 0. The fourth-order valence-corrected chi connectivity index (χ4v) is 6.08. The molecule has 0 bridgehead atoms. The van der Waals surface area contributed by atoms with Crippen molar-refractivity contribution in [2.45, 2.75) is 0 Å². The Morgan fingerprint density at radius 3 is 2.28 bits per heavy atom. The van der Waals surface area contributed by atoms with Crippen molar-refractivity contribution < 1.29 is 18.8 Å². The normalized spacial score (nSPS) is 14.1. The zero-order valence-corrected chi connectivity index (χ0v) is 23.4. The van der Waals surface area contributed by atoms with Crippen molar-refractivity contribution in [3.05, 3.63) is 108 Å². The van der Waals surface area contributed by atoms with Gasteiger partial charge in [0.25, 0.3) is 17.7 Å². The van der Waals surface area contributed by atoms with Gasteiger partial charge in [-0.1, -0.05) is 24.3 Å². The van der Waals surface area contributed by atoms with Crippen LogP contribution in [0, 0.1) is 5.82 Å². The highest BCUT2D eigenvalue weighted by molar-refractivity contribution is 6.22. The van der Waals surface area contributed by atoms with E-state index in [0.717, 1.165) is 45.9 Å². The molecule has 1 aliphatic rings. The van der Waals surface area contributed by atoms with Crippen LogP contribution in [-0.2, 0) is 0 Å². The third-order valence-corrected chi connectivity index (χ3v) is 8.39. The lowest BCUT2D eigenvalue weighted by molar-refractivity contribution is 0.0664. The van der Waals surface area contributed by atoms with Crippen molar-refractivity contribution in [1.82, 2.24) is 19.4 Å². The van der Waals surface area contributed by atoms with Crippen LogP contribution in [0.5, 0.6) is 0 Å². The molecule has 1 aliphatic heterocycles. The number of H-pyrrole nitrogens is 1. The van der Waals surface area contributed by atoms with Gasteiger partial charge in [-0.05, 0) is 72.8 Å². The van der Waals surface area contributed by atoms with Gasteiger partial charge in [0.2, 0.25) is 0 Å². The number of fused-ring (bicyclic) bond motifs is 4. The molecule has 0 spiro atoms. The maximum atomic E-state index is 13.5. The van der Waals surface area contributed by atoms with E-state index in [1.807, 2.05) is 60.5 Å². The molecule has 8 nitrogen and oxygen atoms in total. The second kappa shape index (κ2) is 10.2. The van der Waals surface area contributed by atoms with Crippen molar-refractivity contribution in [2.75, 3.05) is 33.2 Å². The summed E-state index contributed by atoms with van der Waals surface area (Å²) in [4.78, 5) is 46.5. The van der Waals surface area contributed by atoms with Crippen LogP contribution in [0.3, 0.4) is 0 Å². The first-order valence-electron chi connectivity index (χ1n) is 14.1. The number of aromatic amines is 1. The van der Waals surface area contributed by atoms with Gasteiger partial charge in [0.1, 0.15) is 5.82 Å². The molecule has 2 amide bonds. The number of nitrogens with zero attached hydrogens (tertiary/aromatic N) is 3. The van der Waals surface area contributed by atoms with Crippen molar-refractivity contribution in [2.24, 2.45) is 5.73 Å². The molecule has 3 heterocycles. The number of carbonyl (C=O) groups is 3. The number of nitrogens with one attached hydrogen (secondary N) is 1. The Morgan fingerprint density at radius 1 is 0.791 bits per heavy atom. The van der Waals surface area contributed by atoms with E-state index >= 15 is 0 Å². The number of nitrogens with two attached hydrogens (primary N) is 1. The number of amides is 2. The molecule has 214 valence electrons. The molecule has 0 unspecified atom stereocenters. The SMILES string of the molecule is CN1CCN(C(=O)c2ccc3c(c2)[nH]c2c(C(N)=O)ccc(-c4cccc5c4ccn5C(=O)c4ccc(F)cc4)c23)CC1. The Balaban J connectivity index is 1.37. The van der Waals surface area contributed by atoms with E-state index in [1.165, 1.54) is 24.3 Å². The molecule has 0 aliphatic carbocycles. The van der Waals surface area contributed by atoms with Crippen LogP contribution in [0.4, 0.5) is 4.39 Å². The van der Waals surface area contributed by atoms with E-state index in [1.54, 1.807) is 16.8 Å². The summed E-state index contributed by atoms with van der Waals surface area (Å²) in [5.41, 5.74) is 10.8. The smallest absolute Gasteiger partial charge is 0.262 e. The molecule has 1 fully saturated rings. The lowest BCUT2D eigenvalue weighted by Crippen LogP contribution is -2.47. The molecule has 7 rings (SSSR count). The number of piperazine rings is 1. The minimum atomic E-state index is -0.564. The highest BCUT2D eigenvalue weighted by Crippen LogP contribution is 2.39. The number of primary amides is 1. The number of likely N-dealkylation sites (N-methyl/N-ethyl adjacent to an activating group) is 1. The van der Waals surface area contributed by atoms with E-state index in [2.05, 4.69) is 9.88 Å². The molecule has 9 heteroatoms. The molecular formula is C34H28FN5O3. The maximum absolute atomic E-state index is 13.5.